The van der Waals surface area contributed by atoms with Crippen LogP contribution in [-0.2, 0) is 42.9 Å². The second kappa shape index (κ2) is 32.2. The molecule has 368 valence electrons. The minimum atomic E-state index is -2.53. The van der Waals surface area contributed by atoms with Gasteiger partial charge in [0.1, 0.15) is 74.6 Å². The number of aliphatic hydroxyl groups is 6. The van der Waals surface area contributed by atoms with Gasteiger partial charge in [-0.1, -0.05) is 129 Å². The quantitative estimate of drug-likeness (QED) is 0.0316. The molecule has 0 aliphatic carbocycles. The molecule has 0 aromatic carbocycles. The summed E-state index contributed by atoms with van der Waals surface area (Å²) in [5, 5.41) is 88.8. The fourth-order valence-electron chi connectivity index (χ4n) is 7.68. The summed E-state index contributed by atoms with van der Waals surface area (Å²) in [6.45, 7) is 2.52. The Morgan fingerprint density at radius 2 is 0.952 bits per heavy atom. The van der Waals surface area contributed by atoms with E-state index in [1.54, 1.807) is 0 Å². The smallest absolute Gasteiger partial charge is 0.321 e. The molecule has 0 radical (unpaired) electrons. The molecule has 0 bridgehead atoms. The van der Waals surface area contributed by atoms with Crippen LogP contribution in [-0.4, -0.2) is 165 Å². The van der Waals surface area contributed by atoms with Gasteiger partial charge in [-0.3, -0.25) is 19.2 Å². The average molecular weight is 909 g/mol. The van der Waals surface area contributed by atoms with Gasteiger partial charge in [0.05, 0.1) is 12.8 Å². The van der Waals surface area contributed by atoms with Gasteiger partial charge in [0.25, 0.3) is 0 Å². The van der Waals surface area contributed by atoms with Crippen molar-refractivity contribution in [3.8, 4) is 0 Å². The zero-order valence-corrected chi connectivity index (χ0v) is 37.6. The molecule has 2 fully saturated rings. The van der Waals surface area contributed by atoms with E-state index in [2.05, 4.69) is 24.5 Å². The molecule has 10 N–H and O–H groups in total. The number of carbonyl (C=O) groups excluding carboxylic acids is 2. The van der Waals surface area contributed by atoms with Crippen LogP contribution in [0.25, 0.3) is 0 Å². The number of carboxylic acids is 2. The van der Waals surface area contributed by atoms with E-state index in [0.29, 0.717) is 13.1 Å². The Labute approximate surface area is 372 Å². The van der Waals surface area contributed by atoms with Crippen molar-refractivity contribution in [3.05, 3.63) is 0 Å². The minimum Gasteiger partial charge on any atom is -0.480 e. The molecular formula is C44H80N2O17. The van der Waals surface area contributed by atoms with Crippen molar-refractivity contribution in [2.45, 2.75) is 222 Å². The van der Waals surface area contributed by atoms with Crippen LogP contribution in [0.1, 0.15) is 155 Å². The van der Waals surface area contributed by atoms with Crippen molar-refractivity contribution in [1.82, 2.24) is 10.6 Å². The summed E-state index contributed by atoms with van der Waals surface area (Å²) in [5.41, 5.74) is 0. The lowest BCUT2D eigenvalue weighted by Gasteiger charge is -2.43. The Kier molecular flexibility index (Phi) is 28.9. The number of rotatable bonds is 37. The lowest BCUT2D eigenvalue weighted by atomic mass is 9.99. The van der Waals surface area contributed by atoms with Crippen LogP contribution in [0.15, 0.2) is 0 Å². The Morgan fingerprint density at radius 1 is 0.556 bits per heavy atom. The SMILES string of the molecule is CCCCCCCCCCCCN[C@@H](CC(=O)OC[C@H]1O[C@@](CO)(O[C@H]2O[C@H](COC(=O)C[C@H](NCCCCCCCCCCCC)C(=O)O)[C@@H](O)[C@H](O)[C@H]2O)[C@@H](O)[C@@H]1O)C(=O)O. The summed E-state index contributed by atoms with van der Waals surface area (Å²) >= 11 is 0. The molecule has 0 aromatic rings. The molecule has 11 atom stereocenters. The molecule has 2 saturated heterocycles. The Morgan fingerprint density at radius 3 is 1.35 bits per heavy atom. The monoisotopic (exact) mass is 909 g/mol. The topological polar surface area (TPSA) is 300 Å². The van der Waals surface area contributed by atoms with Gasteiger partial charge in [0.15, 0.2) is 6.29 Å². The second-order valence-corrected chi connectivity index (χ2v) is 17.0. The Bertz CT molecular complexity index is 1280. The van der Waals surface area contributed by atoms with Gasteiger partial charge in [-0.05, 0) is 25.9 Å². The Hall–Kier alpha value is -2.56. The van der Waals surface area contributed by atoms with Crippen molar-refractivity contribution < 1.29 is 83.7 Å². The number of ether oxygens (including phenoxy) is 5. The van der Waals surface area contributed by atoms with Gasteiger partial charge in [0.2, 0.25) is 5.79 Å². The van der Waals surface area contributed by atoms with Crippen molar-refractivity contribution in [2.24, 2.45) is 0 Å². The first-order valence-electron chi connectivity index (χ1n) is 23.5. The number of carboxylic acid groups (broad SMARTS) is 2. The van der Waals surface area contributed by atoms with Crippen LogP contribution in [0.3, 0.4) is 0 Å². The first kappa shape index (κ1) is 56.6. The number of hydrogen-bond donors (Lipinski definition) is 10. The molecule has 2 rings (SSSR count). The predicted molar refractivity (Wildman–Crippen MR) is 228 cm³/mol. The zero-order valence-electron chi connectivity index (χ0n) is 37.6. The van der Waals surface area contributed by atoms with E-state index in [4.69, 9.17) is 23.7 Å². The molecule has 2 heterocycles. The molecule has 0 amide bonds. The Balaban J connectivity index is 1.83. The highest BCUT2D eigenvalue weighted by atomic mass is 16.8. The molecule has 63 heavy (non-hydrogen) atoms. The highest BCUT2D eigenvalue weighted by molar-refractivity contribution is 5.82. The van der Waals surface area contributed by atoms with Crippen LogP contribution in [0.4, 0.5) is 0 Å². The van der Waals surface area contributed by atoms with E-state index in [1.807, 2.05) is 0 Å². The van der Waals surface area contributed by atoms with Gasteiger partial charge in [-0.25, -0.2) is 0 Å². The largest absolute Gasteiger partial charge is 0.480 e. The third-order valence-electron chi connectivity index (χ3n) is 11.7. The van der Waals surface area contributed by atoms with Gasteiger partial charge < -0.3 is 75.2 Å². The number of aliphatic hydroxyl groups excluding tert-OH is 6. The van der Waals surface area contributed by atoms with Gasteiger partial charge in [-0.2, -0.15) is 0 Å². The van der Waals surface area contributed by atoms with E-state index in [0.717, 1.165) is 51.4 Å². The fourth-order valence-corrected chi connectivity index (χ4v) is 7.68. The van der Waals surface area contributed by atoms with Crippen LogP contribution >= 0.6 is 0 Å². The van der Waals surface area contributed by atoms with Crippen molar-refractivity contribution in [1.29, 1.82) is 0 Å². The maximum Gasteiger partial charge on any atom is 0.321 e. The van der Waals surface area contributed by atoms with E-state index < -0.39 is 123 Å². The molecular weight excluding hydrogens is 828 g/mol. The van der Waals surface area contributed by atoms with Crippen molar-refractivity contribution in [3.63, 3.8) is 0 Å². The van der Waals surface area contributed by atoms with E-state index in [9.17, 15) is 60.0 Å². The van der Waals surface area contributed by atoms with E-state index in [1.165, 1.54) is 77.0 Å². The summed E-state index contributed by atoms with van der Waals surface area (Å²) in [6, 6.07) is -2.50. The minimum absolute atomic E-state index is 0.370. The molecule has 19 nitrogen and oxygen atoms in total. The zero-order chi connectivity index (χ0) is 46.6. The van der Waals surface area contributed by atoms with Crippen LogP contribution < -0.4 is 10.6 Å². The number of esters is 2. The van der Waals surface area contributed by atoms with Crippen molar-refractivity contribution >= 4 is 23.9 Å². The van der Waals surface area contributed by atoms with Crippen LogP contribution in [0, 0.1) is 0 Å². The first-order valence-corrected chi connectivity index (χ1v) is 23.5. The molecule has 2 aliphatic rings. The third-order valence-corrected chi connectivity index (χ3v) is 11.7. The summed E-state index contributed by atoms with van der Waals surface area (Å²) < 4.78 is 27.1. The summed E-state index contributed by atoms with van der Waals surface area (Å²) in [6.07, 6.45) is 6.35. The lowest BCUT2D eigenvalue weighted by Crippen LogP contribution is -2.62. The summed E-state index contributed by atoms with van der Waals surface area (Å²) in [4.78, 5) is 49.0. The van der Waals surface area contributed by atoms with Gasteiger partial charge in [-0.15, -0.1) is 0 Å². The summed E-state index contributed by atoms with van der Waals surface area (Å²) in [5.74, 6) is -6.97. The van der Waals surface area contributed by atoms with Crippen LogP contribution in [0.2, 0.25) is 0 Å². The number of carbonyl (C=O) groups is 4. The van der Waals surface area contributed by atoms with Gasteiger partial charge in [0, 0.05) is 0 Å². The number of unbranched alkanes of at least 4 members (excludes halogenated alkanes) is 18. The molecule has 0 unspecified atom stereocenters. The molecule has 19 heteroatoms. The fraction of sp³-hybridized carbons (Fsp3) is 0.909. The van der Waals surface area contributed by atoms with Gasteiger partial charge >= 0.3 is 23.9 Å². The number of nitrogens with one attached hydrogen (secondary N) is 2. The third kappa shape index (κ3) is 21.1. The second-order valence-electron chi connectivity index (χ2n) is 17.0. The van der Waals surface area contributed by atoms with Crippen molar-refractivity contribution in [2.75, 3.05) is 32.9 Å². The number of aliphatic carboxylic acids is 2. The molecule has 2 aliphatic heterocycles. The molecule has 0 spiro atoms. The highest BCUT2D eigenvalue weighted by Crippen LogP contribution is 2.36. The van der Waals surface area contributed by atoms with Crippen LogP contribution in [0.5, 0.6) is 0 Å². The average Bonchev–Trinajstić information content (AvgIpc) is 3.49. The lowest BCUT2D eigenvalue weighted by molar-refractivity contribution is -0.383. The first-order chi connectivity index (χ1) is 30.2. The molecule has 0 saturated carbocycles. The summed E-state index contributed by atoms with van der Waals surface area (Å²) in [7, 11) is 0. The standard InChI is InChI=1S/C44H80N2O17/c1-3-5-7-9-11-13-15-17-19-21-23-45-30(41(55)56)25-34(48)59-27-32-36(50)38(52)39(53)43(61-32)63-44(29-47)40(54)37(51)33(62-44)28-60-35(49)26-31(42(57)58)46-24-22-20-18-16-14-12-10-8-6-4-2/h30-33,36-40,43,45-47,50-54H,3-29H2,1-2H3,(H,55,56)(H,57,58)/t30-,31-,32+,33+,36+,37+,38-,39+,40-,43+,44-/m0/s1. The predicted octanol–water partition coefficient (Wildman–Crippen LogP) is 2.41. The number of hydrogen-bond acceptors (Lipinski definition) is 17. The van der Waals surface area contributed by atoms with E-state index >= 15 is 0 Å². The normalized spacial score (nSPS) is 26.9. The van der Waals surface area contributed by atoms with E-state index in [-0.39, 0.29) is 0 Å². The maximum absolute atomic E-state index is 12.7. The maximum atomic E-state index is 12.7. The molecule has 0 aromatic heterocycles. The highest BCUT2D eigenvalue weighted by Gasteiger charge is 2.59.